The van der Waals surface area contributed by atoms with E-state index in [1.165, 1.54) is 57.8 Å². The Morgan fingerprint density at radius 2 is 1.56 bits per heavy atom. The van der Waals surface area contributed by atoms with Gasteiger partial charge < -0.3 is 9.84 Å². The Hall–Kier alpha value is -0.0800. The predicted octanol–water partition coefficient (Wildman–Crippen LogP) is 4.06. The van der Waals surface area contributed by atoms with Gasteiger partial charge in [-0.3, -0.25) is 0 Å². The van der Waals surface area contributed by atoms with E-state index in [1.807, 2.05) is 0 Å². The van der Waals surface area contributed by atoms with Crippen molar-refractivity contribution in [2.75, 3.05) is 6.61 Å². The van der Waals surface area contributed by atoms with Crippen molar-refractivity contribution >= 4 is 0 Å². The minimum atomic E-state index is -0.226. The number of aliphatic hydroxyl groups excluding tert-OH is 1. The molecule has 1 N–H and O–H groups in total. The number of aliphatic hydroxyl groups is 1. The molecule has 2 fully saturated rings. The van der Waals surface area contributed by atoms with Gasteiger partial charge in [0, 0.05) is 6.61 Å². The first-order valence-electron chi connectivity index (χ1n) is 8.10. The van der Waals surface area contributed by atoms with E-state index in [9.17, 15) is 5.11 Å². The molecule has 0 spiro atoms. The van der Waals surface area contributed by atoms with Crippen LogP contribution in [-0.4, -0.2) is 23.4 Å². The summed E-state index contributed by atoms with van der Waals surface area (Å²) in [4.78, 5) is 0. The normalized spacial score (nSPS) is 27.7. The maximum Gasteiger partial charge on any atom is 0.0942 e. The summed E-state index contributed by atoms with van der Waals surface area (Å²) >= 11 is 0. The van der Waals surface area contributed by atoms with Gasteiger partial charge in [-0.05, 0) is 38.5 Å². The van der Waals surface area contributed by atoms with Crippen LogP contribution < -0.4 is 0 Å². The lowest BCUT2D eigenvalue weighted by Gasteiger charge is -2.43. The highest BCUT2D eigenvalue weighted by Gasteiger charge is 2.43. The van der Waals surface area contributed by atoms with Gasteiger partial charge in [0.2, 0.25) is 0 Å². The molecule has 2 aliphatic rings. The Kier molecular flexibility index (Phi) is 5.50. The van der Waals surface area contributed by atoms with Gasteiger partial charge in [-0.2, -0.15) is 0 Å². The molecule has 1 atom stereocenters. The van der Waals surface area contributed by atoms with E-state index in [0.717, 1.165) is 19.4 Å². The van der Waals surface area contributed by atoms with E-state index in [1.54, 1.807) is 0 Å². The average Bonchev–Trinajstić information content (AvgIpc) is 2.68. The Labute approximate surface area is 112 Å². The lowest BCUT2D eigenvalue weighted by atomic mass is 9.74. The molecule has 2 aliphatic carbocycles. The zero-order chi connectivity index (χ0) is 12.8. The van der Waals surface area contributed by atoms with Crippen molar-refractivity contribution in [2.45, 2.75) is 89.3 Å². The zero-order valence-electron chi connectivity index (χ0n) is 12.0. The molecule has 2 heteroatoms. The SMILES string of the molecule is CCOC1(C(O)C2CCCCCC2)CCCCC1. The van der Waals surface area contributed by atoms with Gasteiger partial charge >= 0.3 is 0 Å². The monoisotopic (exact) mass is 254 g/mol. The molecule has 2 nitrogen and oxygen atoms in total. The van der Waals surface area contributed by atoms with Gasteiger partial charge in [0.15, 0.2) is 0 Å². The van der Waals surface area contributed by atoms with Gasteiger partial charge in [0.1, 0.15) is 0 Å². The molecule has 0 aromatic heterocycles. The standard InChI is InChI=1S/C16H30O2/c1-2-18-16(12-8-5-9-13-16)15(17)14-10-6-3-4-7-11-14/h14-15,17H,2-13H2,1H3. The van der Waals surface area contributed by atoms with Crippen molar-refractivity contribution in [3.63, 3.8) is 0 Å². The molecule has 2 rings (SSSR count). The summed E-state index contributed by atoms with van der Waals surface area (Å²) in [5.74, 6) is 0.483. The first-order valence-corrected chi connectivity index (χ1v) is 8.10. The third kappa shape index (κ3) is 3.27. The van der Waals surface area contributed by atoms with E-state index in [0.29, 0.717) is 5.92 Å². The average molecular weight is 254 g/mol. The third-order valence-electron chi connectivity index (χ3n) is 5.02. The lowest BCUT2D eigenvalue weighted by molar-refractivity contribution is -0.158. The smallest absolute Gasteiger partial charge is 0.0942 e. The van der Waals surface area contributed by atoms with Gasteiger partial charge in [-0.25, -0.2) is 0 Å². The van der Waals surface area contributed by atoms with Crippen LogP contribution in [-0.2, 0) is 4.74 Å². The van der Waals surface area contributed by atoms with Crippen molar-refractivity contribution < 1.29 is 9.84 Å². The minimum Gasteiger partial charge on any atom is -0.390 e. The molecule has 0 radical (unpaired) electrons. The first-order chi connectivity index (χ1) is 8.78. The summed E-state index contributed by atoms with van der Waals surface area (Å²) in [5.41, 5.74) is -0.206. The number of hydrogen-bond acceptors (Lipinski definition) is 2. The topological polar surface area (TPSA) is 29.5 Å². The summed E-state index contributed by atoms with van der Waals surface area (Å²) in [7, 11) is 0. The molecule has 0 saturated heterocycles. The maximum atomic E-state index is 10.9. The van der Waals surface area contributed by atoms with E-state index >= 15 is 0 Å². The summed E-state index contributed by atoms with van der Waals surface area (Å²) in [6.07, 6.45) is 13.4. The lowest BCUT2D eigenvalue weighted by Crippen LogP contribution is -2.50. The van der Waals surface area contributed by atoms with Crippen molar-refractivity contribution in [1.82, 2.24) is 0 Å². The molecule has 0 aromatic carbocycles. The van der Waals surface area contributed by atoms with Crippen LogP contribution in [0.2, 0.25) is 0 Å². The molecular weight excluding hydrogens is 224 g/mol. The number of rotatable bonds is 4. The highest BCUT2D eigenvalue weighted by molar-refractivity contribution is 4.94. The van der Waals surface area contributed by atoms with Crippen LogP contribution in [0.5, 0.6) is 0 Å². The summed E-state index contributed by atoms with van der Waals surface area (Å²) in [5, 5.41) is 10.9. The van der Waals surface area contributed by atoms with E-state index in [-0.39, 0.29) is 11.7 Å². The second kappa shape index (κ2) is 6.91. The molecular formula is C16H30O2. The van der Waals surface area contributed by atoms with E-state index in [4.69, 9.17) is 4.74 Å². The second-order valence-corrected chi connectivity index (χ2v) is 6.25. The second-order valence-electron chi connectivity index (χ2n) is 6.25. The van der Waals surface area contributed by atoms with Gasteiger partial charge in [0.25, 0.3) is 0 Å². The highest BCUT2D eigenvalue weighted by atomic mass is 16.5. The maximum absolute atomic E-state index is 10.9. The summed E-state index contributed by atoms with van der Waals surface area (Å²) in [6.45, 7) is 2.81. The third-order valence-corrected chi connectivity index (χ3v) is 5.02. The molecule has 1 unspecified atom stereocenters. The Bertz CT molecular complexity index is 220. The molecule has 0 aromatic rings. The Morgan fingerprint density at radius 1 is 1.00 bits per heavy atom. The molecule has 0 bridgehead atoms. The Balaban J connectivity index is 2.03. The largest absolute Gasteiger partial charge is 0.390 e. The first kappa shape index (κ1) is 14.3. The van der Waals surface area contributed by atoms with Gasteiger partial charge in [-0.1, -0.05) is 44.9 Å². The highest BCUT2D eigenvalue weighted by Crippen LogP contribution is 2.40. The number of hydrogen-bond donors (Lipinski definition) is 1. The van der Waals surface area contributed by atoms with Gasteiger partial charge in [0.05, 0.1) is 11.7 Å². The van der Waals surface area contributed by atoms with Crippen LogP contribution in [0, 0.1) is 5.92 Å². The van der Waals surface area contributed by atoms with Crippen molar-refractivity contribution in [3.8, 4) is 0 Å². The van der Waals surface area contributed by atoms with E-state index < -0.39 is 0 Å². The molecule has 18 heavy (non-hydrogen) atoms. The summed E-state index contributed by atoms with van der Waals surface area (Å²) < 4.78 is 6.08. The molecule has 2 saturated carbocycles. The summed E-state index contributed by atoms with van der Waals surface area (Å²) in [6, 6.07) is 0. The van der Waals surface area contributed by atoms with Crippen molar-refractivity contribution in [1.29, 1.82) is 0 Å². The van der Waals surface area contributed by atoms with Crippen LogP contribution in [0.3, 0.4) is 0 Å². The molecule has 106 valence electrons. The van der Waals surface area contributed by atoms with Crippen LogP contribution >= 0.6 is 0 Å². The van der Waals surface area contributed by atoms with Crippen molar-refractivity contribution in [3.05, 3.63) is 0 Å². The Morgan fingerprint density at radius 3 is 2.11 bits per heavy atom. The quantitative estimate of drug-likeness (QED) is 0.767. The fourth-order valence-corrected chi connectivity index (χ4v) is 4.02. The van der Waals surface area contributed by atoms with Crippen molar-refractivity contribution in [2.24, 2.45) is 5.92 Å². The van der Waals surface area contributed by atoms with Crippen LogP contribution in [0.1, 0.15) is 77.6 Å². The fourth-order valence-electron chi connectivity index (χ4n) is 4.02. The molecule has 0 heterocycles. The molecule has 0 amide bonds. The number of ether oxygens (including phenoxy) is 1. The zero-order valence-corrected chi connectivity index (χ0v) is 12.0. The van der Waals surface area contributed by atoms with E-state index in [2.05, 4.69) is 6.92 Å². The van der Waals surface area contributed by atoms with Crippen LogP contribution in [0.25, 0.3) is 0 Å². The van der Waals surface area contributed by atoms with Gasteiger partial charge in [-0.15, -0.1) is 0 Å². The predicted molar refractivity (Wildman–Crippen MR) is 74.6 cm³/mol. The van der Waals surface area contributed by atoms with Crippen LogP contribution in [0.15, 0.2) is 0 Å². The van der Waals surface area contributed by atoms with Crippen LogP contribution in [0.4, 0.5) is 0 Å². The molecule has 0 aliphatic heterocycles. The fraction of sp³-hybridized carbons (Fsp3) is 1.00. The minimum absolute atomic E-state index is 0.206.